The lowest BCUT2D eigenvalue weighted by atomic mass is 10.1. The summed E-state index contributed by atoms with van der Waals surface area (Å²) in [6.45, 7) is 2.77. The first kappa shape index (κ1) is 8.03. The lowest BCUT2D eigenvalue weighted by molar-refractivity contribution is 0.288. The average Bonchev–Trinajstić information content (AvgIpc) is 2.37. The van der Waals surface area contributed by atoms with Crippen LogP contribution in [-0.2, 0) is 0 Å². The molecule has 0 radical (unpaired) electrons. The molecule has 0 aromatic rings. The van der Waals surface area contributed by atoms with E-state index in [0.717, 1.165) is 19.1 Å². The highest BCUT2D eigenvalue weighted by molar-refractivity contribution is 4.91. The minimum Gasteiger partial charge on any atom is -0.310 e. The minimum atomic E-state index is 0.602. The number of nitriles is 1. The van der Waals surface area contributed by atoms with E-state index in [1.54, 1.807) is 0 Å². The summed E-state index contributed by atoms with van der Waals surface area (Å²) in [7, 11) is 0. The molecular formula is C9H15N3. The molecule has 2 heterocycles. The maximum atomic E-state index is 8.57. The summed E-state index contributed by atoms with van der Waals surface area (Å²) < 4.78 is 0. The molecular weight excluding hydrogens is 150 g/mol. The van der Waals surface area contributed by atoms with E-state index in [-0.39, 0.29) is 0 Å². The second-order valence-electron chi connectivity index (χ2n) is 3.82. The highest BCUT2D eigenvalue weighted by Crippen LogP contribution is 2.19. The Balaban J connectivity index is 1.92. The quantitative estimate of drug-likeness (QED) is 0.569. The molecule has 2 aliphatic rings. The zero-order valence-electron chi connectivity index (χ0n) is 7.29. The first-order valence-electron chi connectivity index (χ1n) is 4.74. The Morgan fingerprint density at radius 3 is 3.00 bits per heavy atom. The van der Waals surface area contributed by atoms with E-state index < -0.39 is 0 Å². The Kier molecular flexibility index (Phi) is 2.29. The molecule has 2 bridgehead atoms. The number of hydrogen-bond acceptors (Lipinski definition) is 3. The smallest absolute Gasteiger partial charge is 0.0866 e. The second kappa shape index (κ2) is 3.42. The van der Waals surface area contributed by atoms with Gasteiger partial charge in [0, 0.05) is 25.2 Å². The number of nitrogens with one attached hydrogen (secondary N) is 1. The molecule has 2 unspecified atom stereocenters. The summed E-state index contributed by atoms with van der Waals surface area (Å²) >= 11 is 0. The van der Waals surface area contributed by atoms with Crippen molar-refractivity contribution in [2.45, 2.75) is 31.3 Å². The van der Waals surface area contributed by atoms with Gasteiger partial charge in [0.2, 0.25) is 0 Å². The Morgan fingerprint density at radius 1 is 1.33 bits per heavy atom. The van der Waals surface area contributed by atoms with Crippen LogP contribution in [0.15, 0.2) is 0 Å². The monoisotopic (exact) mass is 165 g/mol. The van der Waals surface area contributed by atoms with E-state index >= 15 is 0 Å². The standard InChI is InChI=1S/C9H15N3/c10-4-6-12-5-3-8-1-2-9(7-12)11-8/h8-9,11H,1-3,5-7H2. The zero-order valence-corrected chi connectivity index (χ0v) is 7.29. The first-order chi connectivity index (χ1) is 5.88. The van der Waals surface area contributed by atoms with Gasteiger partial charge in [0.05, 0.1) is 12.6 Å². The lowest BCUT2D eigenvalue weighted by Crippen LogP contribution is -2.35. The van der Waals surface area contributed by atoms with Crippen LogP contribution in [-0.4, -0.2) is 36.6 Å². The van der Waals surface area contributed by atoms with Crippen molar-refractivity contribution in [1.82, 2.24) is 10.2 Å². The summed E-state index contributed by atoms with van der Waals surface area (Å²) in [5, 5.41) is 12.2. The van der Waals surface area contributed by atoms with Crippen molar-refractivity contribution in [2.75, 3.05) is 19.6 Å². The topological polar surface area (TPSA) is 39.1 Å². The maximum Gasteiger partial charge on any atom is 0.0866 e. The van der Waals surface area contributed by atoms with Gasteiger partial charge in [-0.3, -0.25) is 4.90 Å². The van der Waals surface area contributed by atoms with Crippen molar-refractivity contribution in [3.8, 4) is 6.07 Å². The molecule has 0 amide bonds. The summed E-state index contributed by atoms with van der Waals surface area (Å²) in [4.78, 5) is 2.26. The van der Waals surface area contributed by atoms with Crippen molar-refractivity contribution in [2.24, 2.45) is 0 Å². The van der Waals surface area contributed by atoms with Crippen LogP contribution in [0.3, 0.4) is 0 Å². The number of rotatable bonds is 1. The summed E-state index contributed by atoms with van der Waals surface area (Å²) in [5.74, 6) is 0. The Bertz CT molecular complexity index is 196. The molecule has 0 spiro atoms. The molecule has 0 saturated carbocycles. The first-order valence-corrected chi connectivity index (χ1v) is 4.74. The van der Waals surface area contributed by atoms with Gasteiger partial charge in [-0.2, -0.15) is 5.26 Å². The summed E-state index contributed by atoms with van der Waals surface area (Å²) in [6.07, 6.45) is 3.86. The highest BCUT2D eigenvalue weighted by Gasteiger charge is 2.28. The minimum absolute atomic E-state index is 0.602. The predicted molar refractivity (Wildman–Crippen MR) is 46.6 cm³/mol. The van der Waals surface area contributed by atoms with Crippen molar-refractivity contribution >= 4 is 0 Å². The molecule has 1 N–H and O–H groups in total. The van der Waals surface area contributed by atoms with E-state index in [4.69, 9.17) is 5.26 Å². The number of nitrogens with zero attached hydrogens (tertiary/aromatic N) is 2. The molecule has 2 aliphatic heterocycles. The van der Waals surface area contributed by atoms with Crippen LogP contribution in [0.1, 0.15) is 19.3 Å². The predicted octanol–water partition coefficient (Wildman–Crippen LogP) is 0.336. The van der Waals surface area contributed by atoms with E-state index in [9.17, 15) is 0 Å². The van der Waals surface area contributed by atoms with Gasteiger partial charge in [-0.15, -0.1) is 0 Å². The van der Waals surface area contributed by atoms with E-state index in [1.165, 1.54) is 19.3 Å². The van der Waals surface area contributed by atoms with E-state index in [0.29, 0.717) is 12.6 Å². The van der Waals surface area contributed by atoms with Crippen LogP contribution in [0.25, 0.3) is 0 Å². The SMILES string of the molecule is N#CCN1CCC2CCC(C1)N2. The van der Waals surface area contributed by atoms with Crippen LogP contribution in [0, 0.1) is 11.3 Å². The molecule has 66 valence electrons. The number of fused-ring (bicyclic) bond motifs is 2. The van der Waals surface area contributed by atoms with Gasteiger partial charge in [0.15, 0.2) is 0 Å². The fraction of sp³-hybridized carbons (Fsp3) is 0.889. The second-order valence-corrected chi connectivity index (χ2v) is 3.82. The average molecular weight is 165 g/mol. The summed E-state index contributed by atoms with van der Waals surface area (Å²) in [6, 6.07) is 3.62. The zero-order chi connectivity index (χ0) is 8.39. The Morgan fingerprint density at radius 2 is 2.17 bits per heavy atom. The molecule has 2 fully saturated rings. The van der Waals surface area contributed by atoms with Crippen LogP contribution in [0.2, 0.25) is 0 Å². The van der Waals surface area contributed by atoms with Gasteiger partial charge in [-0.1, -0.05) is 0 Å². The molecule has 0 aromatic heterocycles. The van der Waals surface area contributed by atoms with Gasteiger partial charge in [0.1, 0.15) is 0 Å². The van der Waals surface area contributed by atoms with E-state index in [2.05, 4.69) is 16.3 Å². The van der Waals surface area contributed by atoms with Gasteiger partial charge >= 0.3 is 0 Å². The summed E-state index contributed by atoms with van der Waals surface area (Å²) in [5.41, 5.74) is 0. The van der Waals surface area contributed by atoms with Crippen molar-refractivity contribution in [1.29, 1.82) is 5.26 Å². The third-order valence-electron chi connectivity index (χ3n) is 2.90. The molecule has 12 heavy (non-hydrogen) atoms. The Labute approximate surface area is 73.3 Å². The van der Waals surface area contributed by atoms with Crippen LogP contribution >= 0.6 is 0 Å². The van der Waals surface area contributed by atoms with Gasteiger partial charge in [-0.25, -0.2) is 0 Å². The number of likely N-dealkylation sites (tertiary alicyclic amines) is 1. The largest absolute Gasteiger partial charge is 0.310 e. The molecule has 3 heteroatoms. The van der Waals surface area contributed by atoms with E-state index in [1.807, 2.05) is 0 Å². The van der Waals surface area contributed by atoms with Crippen molar-refractivity contribution in [3.63, 3.8) is 0 Å². The Hall–Kier alpha value is -0.590. The van der Waals surface area contributed by atoms with Crippen LogP contribution < -0.4 is 5.32 Å². The fourth-order valence-corrected chi connectivity index (χ4v) is 2.26. The van der Waals surface area contributed by atoms with Gasteiger partial charge in [0.25, 0.3) is 0 Å². The molecule has 2 rings (SSSR count). The lowest BCUT2D eigenvalue weighted by Gasteiger charge is -2.20. The highest BCUT2D eigenvalue weighted by atomic mass is 15.2. The van der Waals surface area contributed by atoms with Gasteiger partial charge < -0.3 is 5.32 Å². The van der Waals surface area contributed by atoms with Crippen LogP contribution in [0.5, 0.6) is 0 Å². The third-order valence-corrected chi connectivity index (χ3v) is 2.90. The molecule has 0 aliphatic carbocycles. The number of hydrogen-bond donors (Lipinski definition) is 1. The molecule has 0 aromatic carbocycles. The van der Waals surface area contributed by atoms with Gasteiger partial charge in [-0.05, 0) is 19.3 Å². The molecule has 2 saturated heterocycles. The molecule has 2 atom stereocenters. The molecule has 3 nitrogen and oxygen atoms in total. The van der Waals surface area contributed by atoms with Crippen molar-refractivity contribution < 1.29 is 0 Å². The van der Waals surface area contributed by atoms with Crippen LogP contribution in [0.4, 0.5) is 0 Å². The third kappa shape index (κ3) is 1.60. The fourth-order valence-electron chi connectivity index (χ4n) is 2.26. The maximum absolute atomic E-state index is 8.57. The normalized spacial score (nSPS) is 35.9. The van der Waals surface area contributed by atoms with Crippen molar-refractivity contribution in [3.05, 3.63) is 0 Å².